The summed E-state index contributed by atoms with van der Waals surface area (Å²) in [5.74, 6) is -0.527. The first-order chi connectivity index (χ1) is 9.45. The molecule has 0 spiro atoms. The number of hydrogen-bond acceptors (Lipinski definition) is 2. The molecule has 2 rings (SSSR count). The lowest BCUT2D eigenvalue weighted by molar-refractivity contribution is -0.138. The Morgan fingerprint density at radius 3 is 2.50 bits per heavy atom. The molecule has 1 saturated heterocycles. The second kappa shape index (κ2) is 6.39. The maximum atomic E-state index is 12.4. The molecule has 1 aromatic carbocycles. The highest BCUT2D eigenvalue weighted by Gasteiger charge is 2.25. The summed E-state index contributed by atoms with van der Waals surface area (Å²) in [6, 6.07) is 5.69. The zero-order valence-electron chi connectivity index (χ0n) is 11.4. The summed E-state index contributed by atoms with van der Waals surface area (Å²) >= 11 is 3.41. The van der Waals surface area contributed by atoms with Gasteiger partial charge in [-0.15, -0.1) is 0 Å². The van der Waals surface area contributed by atoms with E-state index in [1.807, 2.05) is 30.0 Å². The van der Waals surface area contributed by atoms with Crippen molar-refractivity contribution in [1.29, 1.82) is 0 Å². The molecule has 20 heavy (non-hydrogen) atoms. The van der Waals surface area contributed by atoms with E-state index in [1.54, 1.807) is 0 Å². The fourth-order valence-corrected chi connectivity index (χ4v) is 3.24. The zero-order chi connectivity index (χ0) is 14.7. The number of halogens is 1. The minimum absolute atomic E-state index is 0.0307. The molecular formula is C15H18BrNO3. The van der Waals surface area contributed by atoms with Gasteiger partial charge in [-0.1, -0.05) is 15.9 Å². The second-order valence-corrected chi connectivity index (χ2v) is 6.27. The first-order valence-electron chi connectivity index (χ1n) is 6.74. The van der Waals surface area contributed by atoms with Gasteiger partial charge in [-0.2, -0.15) is 0 Å². The van der Waals surface area contributed by atoms with Crippen LogP contribution in [0.3, 0.4) is 0 Å². The number of likely N-dealkylation sites (tertiary alicyclic amines) is 1. The molecule has 1 aromatic rings. The summed E-state index contributed by atoms with van der Waals surface area (Å²) in [7, 11) is 0. The van der Waals surface area contributed by atoms with Crippen LogP contribution in [0, 0.1) is 12.8 Å². The fraction of sp³-hybridized carbons (Fsp3) is 0.467. The molecule has 1 N–H and O–H groups in total. The van der Waals surface area contributed by atoms with Gasteiger partial charge in [0.2, 0.25) is 0 Å². The summed E-state index contributed by atoms with van der Waals surface area (Å²) in [4.78, 5) is 24.9. The van der Waals surface area contributed by atoms with Crippen molar-refractivity contribution in [3.63, 3.8) is 0 Å². The van der Waals surface area contributed by atoms with Crippen molar-refractivity contribution in [2.75, 3.05) is 13.1 Å². The van der Waals surface area contributed by atoms with Gasteiger partial charge in [-0.25, -0.2) is 0 Å². The summed E-state index contributed by atoms with van der Waals surface area (Å²) in [6.07, 6.45) is 1.74. The number of amides is 1. The van der Waals surface area contributed by atoms with Crippen LogP contribution in [0.1, 0.15) is 35.2 Å². The number of benzene rings is 1. The number of aryl methyl sites for hydroxylation is 1. The van der Waals surface area contributed by atoms with Crippen molar-refractivity contribution >= 4 is 27.8 Å². The van der Waals surface area contributed by atoms with Gasteiger partial charge >= 0.3 is 5.97 Å². The molecule has 0 atom stereocenters. The van der Waals surface area contributed by atoms with E-state index in [9.17, 15) is 9.59 Å². The zero-order valence-corrected chi connectivity index (χ0v) is 13.0. The van der Waals surface area contributed by atoms with Crippen molar-refractivity contribution in [1.82, 2.24) is 4.90 Å². The third kappa shape index (κ3) is 3.82. The van der Waals surface area contributed by atoms with Crippen LogP contribution in [0.2, 0.25) is 0 Å². The number of aliphatic carboxylic acids is 1. The maximum absolute atomic E-state index is 12.4. The molecule has 4 nitrogen and oxygen atoms in total. The predicted molar refractivity (Wildman–Crippen MR) is 79.8 cm³/mol. The molecule has 1 fully saturated rings. The molecular weight excluding hydrogens is 322 g/mol. The Labute approximate surface area is 126 Å². The molecule has 108 valence electrons. The maximum Gasteiger partial charge on any atom is 0.303 e. The fourth-order valence-electron chi connectivity index (χ4n) is 2.63. The van der Waals surface area contributed by atoms with Gasteiger partial charge in [0, 0.05) is 29.5 Å². The number of piperidine rings is 1. The Bertz CT molecular complexity index is 502. The van der Waals surface area contributed by atoms with Crippen LogP contribution in [-0.4, -0.2) is 35.0 Å². The second-order valence-electron chi connectivity index (χ2n) is 5.35. The normalized spacial score (nSPS) is 16.2. The Hall–Kier alpha value is -1.36. The highest BCUT2D eigenvalue weighted by atomic mass is 79.9. The van der Waals surface area contributed by atoms with Crippen LogP contribution < -0.4 is 0 Å². The van der Waals surface area contributed by atoms with E-state index in [1.165, 1.54) is 0 Å². The van der Waals surface area contributed by atoms with Crippen LogP contribution in [0.25, 0.3) is 0 Å². The third-order valence-corrected chi connectivity index (χ3v) is 4.11. The molecule has 0 bridgehead atoms. The molecule has 5 heteroatoms. The van der Waals surface area contributed by atoms with E-state index in [2.05, 4.69) is 15.9 Å². The van der Waals surface area contributed by atoms with Gasteiger partial charge in [0.05, 0.1) is 0 Å². The molecule has 0 aromatic heterocycles. The topological polar surface area (TPSA) is 57.6 Å². The van der Waals surface area contributed by atoms with Crippen molar-refractivity contribution in [2.45, 2.75) is 26.2 Å². The highest BCUT2D eigenvalue weighted by Crippen LogP contribution is 2.23. The summed E-state index contributed by atoms with van der Waals surface area (Å²) < 4.78 is 0.904. The first-order valence-corrected chi connectivity index (χ1v) is 7.53. The van der Waals surface area contributed by atoms with E-state index in [0.29, 0.717) is 18.7 Å². The minimum atomic E-state index is -0.752. The first kappa shape index (κ1) is 15.0. The van der Waals surface area contributed by atoms with E-state index in [-0.39, 0.29) is 18.2 Å². The Morgan fingerprint density at radius 1 is 1.30 bits per heavy atom. The number of hydrogen-bond donors (Lipinski definition) is 1. The third-order valence-electron chi connectivity index (χ3n) is 3.65. The Morgan fingerprint density at radius 2 is 1.95 bits per heavy atom. The van der Waals surface area contributed by atoms with Gasteiger partial charge in [0.1, 0.15) is 0 Å². The van der Waals surface area contributed by atoms with Gasteiger partial charge in [-0.3, -0.25) is 9.59 Å². The van der Waals surface area contributed by atoms with Crippen LogP contribution in [-0.2, 0) is 4.79 Å². The van der Waals surface area contributed by atoms with Crippen molar-refractivity contribution in [3.8, 4) is 0 Å². The lowest BCUT2D eigenvalue weighted by Gasteiger charge is -2.31. The van der Waals surface area contributed by atoms with Gasteiger partial charge < -0.3 is 10.0 Å². The van der Waals surface area contributed by atoms with Crippen molar-refractivity contribution in [3.05, 3.63) is 33.8 Å². The summed E-state index contributed by atoms with van der Waals surface area (Å²) in [5, 5.41) is 8.79. The molecule has 0 radical (unpaired) electrons. The molecule has 1 heterocycles. The quantitative estimate of drug-likeness (QED) is 0.920. The highest BCUT2D eigenvalue weighted by molar-refractivity contribution is 9.10. The number of nitrogens with zero attached hydrogens (tertiary/aromatic N) is 1. The number of carboxylic acids is 1. The number of carbonyl (C=O) groups excluding carboxylic acids is 1. The van der Waals surface area contributed by atoms with Gasteiger partial charge in [-0.05, 0) is 49.4 Å². The van der Waals surface area contributed by atoms with Crippen molar-refractivity contribution in [2.24, 2.45) is 5.92 Å². The molecule has 0 saturated carbocycles. The monoisotopic (exact) mass is 339 g/mol. The molecule has 1 aliphatic rings. The standard InChI is InChI=1S/C15H18BrNO3/c1-10-6-12(9-13(16)7-10)15(20)17-4-2-11(3-5-17)8-14(18)19/h6-7,9,11H,2-5,8H2,1H3,(H,18,19). The number of carbonyl (C=O) groups is 2. The lowest BCUT2D eigenvalue weighted by atomic mass is 9.93. The van der Waals surface area contributed by atoms with E-state index < -0.39 is 5.97 Å². The Balaban J connectivity index is 1.99. The molecule has 0 aliphatic carbocycles. The predicted octanol–water partition coefficient (Wildman–Crippen LogP) is 3.08. The van der Waals surface area contributed by atoms with Gasteiger partial charge in [0.25, 0.3) is 5.91 Å². The van der Waals surface area contributed by atoms with E-state index >= 15 is 0 Å². The summed E-state index contributed by atoms with van der Waals surface area (Å²) in [6.45, 7) is 3.24. The van der Waals surface area contributed by atoms with E-state index in [0.717, 1.165) is 22.9 Å². The van der Waals surface area contributed by atoms with Crippen LogP contribution >= 0.6 is 15.9 Å². The van der Waals surface area contributed by atoms with Crippen LogP contribution in [0.5, 0.6) is 0 Å². The van der Waals surface area contributed by atoms with Gasteiger partial charge in [0.15, 0.2) is 0 Å². The average Bonchev–Trinajstić information content (AvgIpc) is 2.37. The SMILES string of the molecule is Cc1cc(Br)cc(C(=O)N2CCC(CC(=O)O)CC2)c1. The van der Waals surface area contributed by atoms with E-state index in [4.69, 9.17) is 5.11 Å². The molecule has 1 amide bonds. The number of carboxylic acid groups (broad SMARTS) is 1. The van der Waals surface area contributed by atoms with Crippen LogP contribution in [0.15, 0.2) is 22.7 Å². The number of rotatable bonds is 3. The largest absolute Gasteiger partial charge is 0.481 e. The average molecular weight is 340 g/mol. The molecule has 0 unspecified atom stereocenters. The molecule has 1 aliphatic heterocycles. The summed E-state index contributed by atoms with van der Waals surface area (Å²) in [5.41, 5.74) is 1.73. The Kier molecular flexibility index (Phi) is 4.81. The minimum Gasteiger partial charge on any atom is -0.481 e. The van der Waals surface area contributed by atoms with Crippen molar-refractivity contribution < 1.29 is 14.7 Å². The van der Waals surface area contributed by atoms with Crippen LogP contribution in [0.4, 0.5) is 0 Å². The smallest absolute Gasteiger partial charge is 0.303 e. The lowest BCUT2D eigenvalue weighted by Crippen LogP contribution is -2.38.